The van der Waals surface area contributed by atoms with Crippen molar-refractivity contribution in [2.24, 2.45) is 11.0 Å². The monoisotopic (exact) mass is 280 g/mol. The second kappa shape index (κ2) is 6.50. The van der Waals surface area contributed by atoms with Crippen LogP contribution in [0.25, 0.3) is 0 Å². The van der Waals surface area contributed by atoms with E-state index < -0.39 is 10.7 Å². The molecule has 1 aromatic carbocycles. The van der Waals surface area contributed by atoms with Gasteiger partial charge in [0, 0.05) is 12.0 Å². The van der Waals surface area contributed by atoms with Gasteiger partial charge in [-0.1, -0.05) is 19.6 Å². The van der Waals surface area contributed by atoms with Gasteiger partial charge in [-0.15, -0.1) is 0 Å². The molecule has 0 fully saturated rings. The van der Waals surface area contributed by atoms with E-state index in [4.69, 9.17) is 4.74 Å². The van der Waals surface area contributed by atoms with Gasteiger partial charge < -0.3 is 9.84 Å². The van der Waals surface area contributed by atoms with E-state index in [1.165, 1.54) is 7.11 Å². The third-order valence-corrected chi connectivity index (χ3v) is 2.40. The van der Waals surface area contributed by atoms with E-state index in [1.807, 2.05) is 0 Å². The Balaban J connectivity index is 3.05. The number of nitrogens with one attached hydrogen (secondary N) is 1. The van der Waals surface area contributed by atoms with Crippen LogP contribution in [0, 0.1) is 16.0 Å². The van der Waals surface area contributed by atoms with Gasteiger partial charge in [0.25, 0.3) is 5.69 Å². The lowest BCUT2D eigenvalue weighted by Crippen LogP contribution is -2.22. The molecule has 0 atom stereocenters. The number of carbonyl (C=O) groups excluding carboxylic acids is 1. The molecule has 20 heavy (non-hydrogen) atoms. The summed E-state index contributed by atoms with van der Waals surface area (Å²) in [4.78, 5) is 21.4. The van der Waals surface area contributed by atoms with E-state index in [-0.39, 0.29) is 28.8 Å². The summed E-state index contributed by atoms with van der Waals surface area (Å²) in [5, 5.41) is 26.2. The van der Waals surface area contributed by atoms with E-state index in [2.05, 4.69) is 10.5 Å². The maximum atomic E-state index is 11.8. The van der Waals surface area contributed by atoms with Crippen molar-refractivity contribution in [3.8, 4) is 11.5 Å². The second-order valence-corrected chi connectivity index (χ2v) is 4.21. The largest absolute Gasteiger partial charge is 0.870 e. The summed E-state index contributed by atoms with van der Waals surface area (Å²) >= 11 is 0. The number of hydrazone groups is 1. The molecule has 0 aliphatic heterocycles. The molecule has 108 valence electrons. The average Bonchev–Trinajstić information content (AvgIpc) is 2.39. The number of benzene rings is 1. The SMILES string of the molecule is COc1cc([N+](=O)[O-])cc(/C=N\NC(=O)C(C)C)c1[O-]. The molecular formula is C12H14N3O5-. The van der Waals surface area contributed by atoms with Crippen LogP contribution in [0.15, 0.2) is 17.2 Å². The van der Waals surface area contributed by atoms with E-state index in [9.17, 15) is 20.0 Å². The lowest BCUT2D eigenvalue weighted by molar-refractivity contribution is -0.385. The highest BCUT2D eigenvalue weighted by atomic mass is 16.6. The highest BCUT2D eigenvalue weighted by molar-refractivity contribution is 5.87. The minimum absolute atomic E-state index is 0.0416. The van der Waals surface area contributed by atoms with Gasteiger partial charge in [0.15, 0.2) is 0 Å². The van der Waals surface area contributed by atoms with Crippen molar-refractivity contribution >= 4 is 17.8 Å². The normalized spacial score (nSPS) is 10.8. The molecular weight excluding hydrogens is 266 g/mol. The average molecular weight is 280 g/mol. The zero-order valence-electron chi connectivity index (χ0n) is 11.2. The van der Waals surface area contributed by atoms with E-state index in [0.717, 1.165) is 18.3 Å². The number of nitro benzene ring substituents is 1. The highest BCUT2D eigenvalue weighted by Crippen LogP contribution is 2.31. The summed E-state index contributed by atoms with van der Waals surface area (Å²) in [5.74, 6) is -1.29. The van der Waals surface area contributed by atoms with Gasteiger partial charge in [-0.05, 0) is 5.56 Å². The molecule has 0 bridgehead atoms. The molecule has 0 unspecified atom stereocenters. The van der Waals surface area contributed by atoms with Crippen molar-refractivity contribution < 1.29 is 19.6 Å². The smallest absolute Gasteiger partial charge is 0.273 e. The summed E-state index contributed by atoms with van der Waals surface area (Å²) in [7, 11) is 1.24. The highest BCUT2D eigenvalue weighted by Gasteiger charge is 2.11. The Morgan fingerprint density at radius 2 is 2.15 bits per heavy atom. The Kier molecular flexibility index (Phi) is 5.01. The van der Waals surface area contributed by atoms with Crippen LogP contribution >= 0.6 is 0 Å². The predicted molar refractivity (Wildman–Crippen MR) is 69.7 cm³/mol. The van der Waals surface area contributed by atoms with Crippen molar-refractivity contribution in [2.75, 3.05) is 7.11 Å². The lowest BCUT2D eigenvalue weighted by Gasteiger charge is -2.14. The van der Waals surface area contributed by atoms with Gasteiger partial charge in [-0.25, -0.2) is 5.43 Å². The molecule has 1 rings (SSSR count). The number of nitro groups is 1. The van der Waals surface area contributed by atoms with Crippen LogP contribution in [0.2, 0.25) is 0 Å². The standard InChI is InChI=1S/C12H15N3O5/c1-7(2)12(17)14-13-6-8-4-9(15(18)19)5-10(20-3)11(8)16/h4-7,16H,1-3H3,(H,14,17)/p-1/b13-6-. The Hall–Kier alpha value is -2.64. The van der Waals surface area contributed by atoms with Crippen LogP contribution in [0.3, 0.4) is 0 Å². The summed E-state index contributed by atoms with van der Waals surface area (Å²) in [6.07, 6.45) is 1.05. The van der Waals surface area contributed by atoms with Crippen LogP contribution < -0.4 is 15.3 Å². The lowest BCUT2D eigenvalue weighted by atomic mass is 10.1. The Labute approximate surface area is 115 Å². The molecule has 8 heteroatoms. The number of ether oxygens (including phenoxy) is 1. The first-order valence-electron chi connectivity index (χ1n) is 5.73. The van der Waals surface area contributed by atoms with Gasteiger partial charge in [0.2, 0.25) is 5.91 Å². The molecule has 0 aliphatic rings. The minimum atomic E-state index is -0.647. The third-order valence-electron chi connectivity index (χ3n) is 2.40. The number of methoxy groups -OCH3 is 1. The molecule has 1 amide bonds. The number of rotatable bonds is 5. The second-order valence-electron chi connectivity index (χ2n) is 4.21. The molecule has 0 saturated heterocycles. The van der Waals surface area contributed by atoms with Crippen LogP contribution in [-0.4, -0.2) is 24.2 Å². The molecule has 1 aromatic rings. The first kappa shape index (κ1) is 15.4. The Bertz CT molecular complexity index is 554. The fourth-order valence-corrected chi connectivity index (χ4v) is 1.26. The fraction of sp³-hybridized carbons (Fsp3) is 0.333. The van der Waals surface area contributed by atoms with E-state index in [0.29, 0.717) is 0 Å². The number of carbonyl (C=O) groups is 1. The van der Waals surface area contributed by atoms with Gasteiger partial charge >= 0.3 is 0 Å². The van der Waals surface area contributed by atoms with Crippen LogP contribution in [0.1, 0.15) is 19.4 Å². The topological polar surface area (TPSA) is 117 Å². The number of hydrogen-bond acceptors (Lipinski definition) is 6. The van der Waals surface area contributed by atoms with Crippen molar-refractivity contribution in [1.29, 1.82) is 0 Å². The summed E-state index contributed by atoms with van der Waals surface area (Å²) in [5.41, 5.74) is 1.89. The fourth-order valence-electron chi connectivity index (χ4n) is 1.26. The number of nitrogens with zero attached hydrogens (tertiary/aromatic N) is 2. The maximum absolute atomic E-state index is 11.8. The molecule has 1 N–H and O–H groups in total. The molecule has 0 spiro atoms. The van der Waals surface area contributed by atoms with Gasteiger partial charge in [0.05, 0.1) is 24.3 Å². The zero-order valence-corrected chi connectivity index (χ0v) is 11.2. The van der Waals surface area contributed by atoms with Crippen molar-refractivity contribution in [3.05, 3.63) is 27.8 Å². The summed E-state index contributed by atoms with van der Waals surface area (Å²) < 4.78 is 4.78. The molecule has 0 radical (unpaired) electrons. The Morgan fingerprint density at radius 3 is 2.65 bits per heavy atom. The van der Waals surface area contributed by atoms with E-state index >= 15 is 0 Å². The quantitative estimate of drug-likeness (QED) is 0.486. The Morgan fingerprint density at radius 1 is 1.50 bits per heavy atom. The number of amides is 1. The molecule has 0 heterocycles. The van der Waals surface area contributed by atoms with Crippen LogP contribution in [0.4, 0.5) is 5.69 Å². The summed E-state index contributed by atoms with van der Waals surface area (Å²) in [6, 6.07) is 2.10. The van der Waals surface area contributed by atoms with E-state index in [1.54, 1.807) is 13.8 Å². The predicted octanol–water partition coefficient (Wildman–Crippen LogP) is 0.783. The number of non-ortho nitro benzene ring substituents is 1. The molecule has 0 aromatic heterocycles. The summed E-state index contributed by atoms with van der Waals surface area (Å²) in [6.45, 7) is 3.36. The van der Waals surface area contributed by atoms with Gasteiger partial charge in [0.1, 0.15) is 5.75 Å². The first-order valence-corrected chi connectivity index (χ1v) is 5.73. The third kappa shape index (κ3) is 3.67. The van der Waals surface area contributed by atoms with Gasteiger partial charge in [-0.3, -0.25) is 14.9 Å². The van der Waals surface area contributed by atoms with Crippen molar-refractivity contribution in [2.45, 2.75) is 13.8 Å². The minimum Gasteiger partial charge on any atom is -0.870 e. The van der Waals surface area contributed by atoms with Crippen molar-refractivity contribution in [3.63, 3.8) is 0 Å². The first-order chi connectivity index (χ1) is 9.36. The molecule has 0 saturated carbocycles. The van der Waals surface area contributed by atoms with Crippen LogP contribution in [0.5, 0.6) is 11.5 Å². The molecule has 8 nitrogen and oxygen atoms in total. The van der Waals surface area contributed by atoms with Crippen LogP contribution in [-0.2, 0) is 4.79 Å². The van der Waals surface area contributed by atoms with Crippen molar-refractivity contribution in [1.82, 2.24) is 5.43 Å². The van der Waals surface area contributed by atoms with Gasteiger partial charge in [-0.2, -0.15) is 5.10 Å². The maximum Gasteiger partial charge on any atom is 0.273 e. The molecule has 0 aliphatic carbocycles. The zero-order chi connectivity index (χ0) is 15.3. The number of hydrogen-bond donors (Lipinski definition) is 1.